The topological polar surface area (TPSA) is 151 Å². The lowest BCUT2D eigenvalue weighted by molar-refractivity contribution is 0.0633. The van der Waals surface area contributed by atoms with E-state index in [1.54, 1.807) is 42.7 Å². The number of amidine groups is 1. The number of anilines is 1. The Morgan fingerprint density at radius 1 is 1.29 bits per heavy atom. The summed E-state index contributed by atoms with van der Waals surface area (Å²) in [5.74, 6) is 2.06. The van der Waals surface area contributed by atoms with Gasteiger partial charge in [0.1, 0.15) is 17.4 Å². The summed E-state index contributed by atoms with van der Waals surface area (Å²) in [6.07, 6.45) is 6.96. The van der Waals surface area contributed by atoms with E-state index in [-0.39, 0.29) is 17.7 Å². The maximum absolute atomic E-state index is 13.3. The first-order valence-corrected chi connectivity index (χ1v) is 12.7. The van der Waals surface area contributed by atoms with Gasteiger partial charge in [-0.05, 0) is 55.0 Å². The van der Waals surface area contributed by atoms with Crippen LogP contribution in [-0.4, -0.2) is 60.0 Å². The number of carbonyl (C=O) groups excluding carboxylic acids is 1. The number of imidazole rings is 1. The fraction of sp³-hybridized carbons (Fsp3) is 0.304. The summed E-state index contributed by atoms with van der Waals surface area (Å²) in [5, 5.41) is 0. The van der Waals surface area contributed by atoms with E-state index in [1.165, 1.54) is 0 Å². The number of nitrogens with two attached hydrogens (primary N) is 1. The van der Waals surface area contributed by atoms with Gasteiger partial charge in [-0.2, -0.15) is 0 Å². The number of likely N-dealkylation sites (tertiary alicyclic amines) is 1. The van der Waals surface area contributed by atoms with E-state index in [0.717, 1.165) is 18.7 Å². The third kappa shape index (κ3) is 4.81. The number of pyridine rings is 1. The molecule has 0 aliphatic carbocycles. The normalized spacial score (nSPS) is 19.8. The molecule has 1 unspecified atom stereocenters. The molecule has 0 spiro atoms. The molecule has 35 heavy (non-hydrogen) atoms. The maximum atomic E-state index is 13.3. The van der Waals surface area contributed by atoms with E-state index in [0.29, 0.717) is 48.1 Å². The Labute approximate surface area is 204 Å². The van der Waals surface area contributed by atoms with Crippen LogP contribution in [0, 0.1) is 12.8 Å². The number of amides is 1. The average molecular weight is 498 g/mol. The predicted molar refractivity (Wildman–Crippen MR) is 134 cm³/mol. The van der Waals surface area contributed by atoms with Crippen molar-refractivity contribution in [3.8, 4) is 11.6 Å². The van der Waals surface area contributed by atoms with Gasteiger partial charge in [0.15, 0.2) is 5.84 Å². The van der Waals surface area contributed by atoms with Crippen molar-refractivity contribution < 1.29 is 18.6 Å². The largest absolute Gasteiger partial charge is 0.492 e. The van der Waals surface area contributed by atoms with Gasteiger partial charge in [0.25, 0.3) is 5.91 Å². The van der Waals surface area contributed by atoms with Gasteiger partial charge in [-0.3, -0.25) is 23.2 Å². The number of fused-ring (bicyclic) bond motifs is 1. The van der Waals surface area contributed by atoms with Crippen molar-refractivity contribution in [3.05, 3.63) is 65.9 Å². The molecule has 1 fully saturated rings. The molecule has 12 heteroatoms. The molecule has 5 rings (SSSR count). The van der Waals surface area contributed by atoms with Gasteiger partial charge in [-0.1, -0.05) is 6.07 Å². The number of hydrogen-bond acceptors (Lipinski definition) is 9. The second-order valence-corrected chi connectivity index (χ2v) is 10.0. The molecule has 5 N–H and O–H groups in total. The molecule has 1 atom stereocenters. The first kappa shape index (κ1) is 23.1. The van der Waals surface area contributed by atoms with Crippen LogP contribution < -0.4 is 15.2 Å². The molecule has 2 aliphatic rings. The van der Waals surface area contributed by atoms with Crippen LogP contribution in [0.2, 0.25) is 0 Å². The summed E-state index contributed by atoms with van der Waals surface area (Å²) in [6, 6.07) is 8.71. The lowest BCUT2D eigenvalue weighted by atomic mass is 9.98. The maximum Gasteiger partial charge on any atom is 0.254 e. The molecule has 0 radical (unpaired) electrons. The van der Waals surface area contributed by atoms with Crippen molar-refractivity contribution in [3.63, 3.8) is 0 Å². The second-order valence-electron chi connectivity index (χ2n) is 8.59. The summed E-state index contributed by atoms with van der Waals surface area (Å²) in [4.78, 5) is 23.7. The molecular formula is C23H27N7O4S. The second kappa shape index (κ2) is 9.21. The summed E-state index contributed by atoms with van der Waals surface area (Å²) in [7, 11) is -3.36. The van der Waals surface area contributed by atoms with E-state index in [9.17, 15) is 13.9 Å². The van der Waals surface area contributed by atoms with Crippen LogP contribution in [0.4, 0.5) is 5.69 Å². The van der Waals surface area contributed by atoms with Crippen LogP contribution in [-0.2, 0) is 0 Å². The molecule has 11 nitrogen and oxygen atoms in total. The first-order chi connectivity index (χ1) is 16.8. The van der Waals surface area contributed by atoms with Crippen LogP contribution in [0.15, 0.2) is 53.3 Å². The quantitative estimate of drug-likeness (QED) is 0.419. The van der Waals surface area contributed by atoms with E-state index >= 15 is 0 Å². The van der Waals surface area contributed by atoms with Crippen molar-refractivity contribution >= 4 is 28.4 Å². The van der Waals surface area contributed by atoms with Gasteiger partial charge in [0, 0.05) is 43.2 Å². The zero-order chi connectivity index (χ0) is 24.6. The highest BCUT2D eigenvalue weighted by Crippen LogP contribution is 2.46. The molecule has 1 saturated heterocycles. The third-order valence-corrected chi connectivity index (χ3v) is 7.05. The molecule has 1 aromatic carbocycles. The van der Waals surface area contributed by atoms with Crippen molar-refractivity contribution in [1.82, 2.24) is 19.4 Å². The zero-order valence-corrected chi connectivity index (χ0v) is 20.0. The minimum absolute atomic E-state index is 0.0106. The predicted octanol–water partition coefficient (Wildman–Crippen LogP) is 3.22. The SMILES string of the molecule is Cc1nccn1-c1cc(C(=O)N2CCCC(COc3cccc4c3C(N)=NS(O)(O)N4)C2)ccn1. The van der Waals surface area contributed by atoms with Crippen molar-refractivity contribution in [2.24, 2.45) is 16.0 Å². The van der Waals surface area contributed by atoms with Gasteiger partial charge in [-0.15, -0.1) is 4.40 Å². The van der Waals surface area contributed by atoms with E-state index < -0.39 is 11.0 Å². The number of benzene rings is 1. The van der Waals surface area contributed by atoms with Gasteiger partial charge < -0.3 is 15.4 Å². The van der Waals surface area contributed by atoms with E-state index in [1.807, 2.05) is 22.6 Å². The smallest absolute Gasteiger partial charge is 0.254 e. The first-order valence-electron chi connectivity index (χ1n) is 11.2. The zero-order valence-electron chi connectivity index (χ0n) is 19.2. The number of aryl methyl sites for hydroxylation is 1. The lowest BCUT2D eigenvalue weighted by Crippen LogP contribution is -2.41. The van der Waals surface area contributed by atoms with Crippen molar-refractivity contribution in [2.45, 2.75) is 19.8 Å². The van der Waals surface area contributed by atoms with Gasteiger partial charge in [0.2, 0.25) is 0 Å². The Bertz CT molecular complexity index is 1290. The molecule has 0 saturated carbocycles. The number of piperidine rings is 1. The van der Waals surface area contributed by atoms with Gasteiger partial charge >= 0.3 is 0 Å². The number of carbonyl (C=O) groups is 1. The Balaban J connectivity index is 1.27. The van der Waals surface area contributed by atoms with Gasteiger partial charge in [-0.25, -0.2) is 9.97 Å². The Morgan fingerprint density at radius 2 is 2.14 bits per heavy atom. The van der Waals surface area contributed by atoms with Crippen LogP contribution in [0.25, 0.3) is 5.82 Å². The minimum Gasteiger partial charge on any atom is -0.492 e. The Hall–Kier alpha value is -3.61. The highest BCUT2D eigenvalue weighted by molar-refractivity contribution is 8.24. The fourth-order valence-electron chi connectivity index (χ4n) is 4.43. The van der Waals surface area contributed by atoms with Crippen LogP contribution in [0.3, 0.4) is 0 Å². The Morgan fingerprint density at radius 3 is 2.94 bits per heavy atom. The fourth-order valence-corrected chi connectivity index (χ4v) is 5.31. The average Bonchev–Trinajstić information content (AvgIpc) is 3.27. The van der Waals surface area contributed by atoms with Crippen molar-refractivity contribution in [1.29, 1.82) is 0 Å². The summed E-state index contributed by atoms with van der Waals surface area (Å²) in [6.45, 7) is 3.52. The number of rotatable bonds is 5. The monoisotopic (exact) mass is 497 g/mol. The van der Waals surface area contributed by atoms with Crippen LogP contribution in [0.1, 0.15) is 34.6 Å². The standard InChI is InChI=1S/C23H27N7O4S/c1-15-25-9-11-30(15)20-12-17(7-8-26-20)23(31)29-10-3-4-16(13-29)14-34-19-6-2-5-18-21(19)22(24)28-35(32,33)27-18/h2,5-9,11-12,16,27,32-33H,3-4,10,13-14H2,1H3,(H2,24,28). The number of nitrogens with zero attached hydrogens (tertiary/aromatic N) is 5. The third-order valence-electron chi connectivity index (χ3n) is 6.10. The summed E-state index contributed by atoms with van der Waals surface area (Å²) in [5.41, 5.74) is 7.52. The summed E-state index contributed by atoms with van der Waals surface area (Å²) < 4.78 is 34.0. The molecular weight excluding hydrogens is 470 g/mol. The molecule has 1 amide bonds. The molecule has 4 heterocycles. The summed E-state index contributed by atoms with van der Waals surface area (Å²) >= 11 is 0. The highest BCUT2D eigenvalue weighted by Gasteiger charge is 2.28. The lowest BCUT2D eigenvalue weighted by Gasteiger charge is -2.34. The van der Waals surface area contributed by atoms with Gasteiger partial charge in [0.05, 0.1) is 17.9 Å². The minimum atomic E-state index is -3.36. The number of hydrogen-bond donors (Lipinski definition) is 4. The highest BCUT2D eigenvalue weighted by atomic mass is 32.3. The molecule has 2 aliphatic heterocycles. The van der Waals surface area contributed by atoms with Crippen molar-refractivity contribution in [2.75, 3.05) is 24.4 Å². The van der Waals surface area contributed by atoms with E-state index in [4.69, 9.17) is 10.5 Å². The molecule has 3 aromatic rings. The molecule has 2 aromatic heterocycles. The number of ether oxygens (including phenoxy) is 1. The molecule has 0 bridgehead atoms. The van der Waals surface area contributed by atoms with Crippen LogP contribution >= 0.6 is 11.0 Å². The number of aromatic nitrogens is 3. The number of nitrogens with one attached hydrogen (secondary N) is 1. The van der Waals surface area contributed by atoms with Crippen LogP contribution in [0.5, 0.6) is 5.75 Å². The molecule has 184 valence electrons. The Kier molecular flexibility index (Phi) is 6.09. The van der Waals surface area contributed by atoms with E-state index in [2.05, 4.69) is 19.1 Å².